The predicted octanol–water partition coefficient (Wildman–Crippen LogP) is -1.19. The zero-order valence-electron chi connectivity index (χ0n) is 7.10. The maximum atomic E-state index is 10.9. The summed E-state index contributed by atoms with van der Waals surface area (Å²) < 4.78 is 0. The van der Waals surface area contributed by atoms with Crippen molar-refractivity contribution in [1.82, 2.24) is 4.90 Å². The smallest absolute Gasteiger partial charge is 0.240 e. The van der Waals surface area contributed by atoms with Crippen molar-refractivity contribution >= 4 is 24.4 Å². The minimum absolute atomic E-state index is 0.226. The molecule has 74 valence electrons. The van der Waals surface area contributed by atoms with Gasteiger partial charge < -0.3 is 15.7 Å². The van der Waals surface area contributed by atoms with E-state index in [-0.39, 0.29) is 11.6 Å². The standard InChI is InChI=1S/C7H13N3O2S/c8-6(3-13)10-2-4(11)1-5(10)7(9)12/h4-5,8,11,13H,1-3H2,(H2,9,12)/t4-,5+/m1/s1. The van der Waals surface area contributed by atoms with E-state index in [0.29, 0.717) is 13.0 Å². The van der Waals surface area contributed by atoms with E-state index in [1.807, 2.05) is 0 Å². The number of carbonyl (C=O) groups excluding carboxylic acids is 1. The summed E-state index contributed by atoms with van der Waals surface area (Å²) in [6.45, 7) is 0.299. The molecule has 4 N–H and O–H groups in total. The van der Waals surface area contributed by atoms with Crippen molar-refractivity contribution in [2.75, 3.05) is 12.3 Å². The summed E-state index contributed by atoms with van der Waals surface area (Å²) in [5.41, 5.74) is 5.13. The molecular formula is C7H13N3O2S. The van der Waals surface area contributed by atoms with Crippen LogP contribution in [0.1, 0.15) is 6.42 Å². The number of nitrogens with one attached hydrogen (secondary N) is 1. The van der Waals surface area contributed by atoms with Gasteiger partial charge in [-0.1, -0.05) is 0 Å². The molecule has 1 heterocycles. The first-order valence-corrected chi connectivity index (χ1v) is 4.61. The fraction of sp³-hybridized carbons (Fsp3) is 0.714. The van der Waals surface area contributed by atoms with Gasteiger partial charge in [-0.15, -0.1) is 0 Å². The van der Waals surface area contributed by atoms with Crippen LogP contribution in [0.3, 0.4) is 0 Å². The number of nitrogens with two attached hydrogens (primary N) is 1. The second-order valence-corrected chi connectivity index (χ2v) is 3.38. The van der Waals surface area contributed by atoms with Gasteiger partial charge in [0, 0.05) is 18.7 Å². The summed E-state index contributed by atoms with van der Waals surface area (Å²) in [5.74, 6) is -0.0250. The predicted molar refractivity (Wildman–Crippen MR) is 51.9 cm³/mol. The molecule has 0 aromatic carbocycles. The van der Waals surface area contributed by atoms with E-state index < -0.39 is 18.1 Å². The van der Waals surface area contributed by atoms with Crippen LogP contribution >= 0.6 is 12.6 Å². The molecule has 6 heteroatoms. The van der Waals surface area contributed by atoms with Gasteiger partial charge in [-0.25, -0.2) is 0 Å². The van der Waals surface area contributed by atoms with Gasteiger partial charge in [-0.05, 0) is 0 Å². The van der Waals surface area contributed by atoms with Crippen LogP contribution in [0.2, 0.25) is 0 Å². The van der Waals surface area contributed by atoms with Crippen LogP contribution in [-0.2, 0) is 4.79 Å². The number of likely N-dealkylation sites (tertiary alicyclic amines) is 1. The van der Waals surface area contributed by atoms with Gasteiger partial charge >= 0.3 is 0 Å². The average molecular weight is 203 g/mol. The van der Waals surface area contributed by atoms with Crippen LogP contribution < -0.4 is 5.73 Å². The number of β-amino-alcohol motifs (C(OH)–C–C–N with tert-alkyl or cyclic N) is 1. The van der Waals surface area contributed by atoms with Crippen molar-refractivity contribution in [3.05, 3.63) is 0 Å². The Morgan fingerprint density at radius 2 is 2.38 bits per heavy atom. The third kappa shape index (κ3) is 2.13. The molecule has 1 amide bonds. The first kappa shape index (κ1) is 10.3. The first-order chi connectivity index (χ1) is 6.06. The molecular weight excluding hydrogens is 190 g/mol. The minimum atomic E-state index is -0.572. The molecule has 0 unspecified atom stereocenters. The number of carbonyl (C=O) groups is 1. The number of hydrogen-bond donors (Lipinski definition) is 4. The lowest BCUT2D eigenvalue weighted by atomic mass is 10.2. The monoisotopic (exact) mass is 203 g/mol. The van der Waals surface area contributed by atoms with Gasteiger partial charge in [-0.2, -0.15) is 12.6 Å². The van der Waals surface area contributed by atoms with Crippen molar-refractivity contribution in [3.8, 4) is 0 Å². The second-order valence-electron chi connectivity index (χ2n) is 3.06. The topological polar surface area (TPSA) is 90.4 Å². The largest absolute Gasteiger partial charge is 0.391 e. The SMILES string of the molecule is N=C(CS)N1C[C@H](O)C[C@H]1C(N)=O. The lowest BCUT2D eigenvalue weighted by molar-refractivity contribution is -0.121. The van der Waals surface area contributed by atoms with Crippen LogP contribution in [0, 0.1) is 5.41 Å². The van der Waals surface area contributed by atoms with Crippen molar-refractivity contribution in [2.24, 2.45) is 5.73 Å². The number of thiol groups is 1. The third-order valence-electron chi connectivity index (χ3n) is 2.10. The molecule has 1 saturated heterocycles. The molecule has 13 heavy (non-hydrogen) atoms. The van der Waals surface area contributed by atoms with Gasteiger partial charge in [0.15, 0.2) is 0 Å². The molecule has 2 atom stereocenters. The lowest BCUT2D eigenvalue weighted by Gasteiger charge is -2.23. The Morgan fingerprint density at radius 3 is 2.85 bits per heavy atom. The van der Waals surface area contributed by atoms with Crippen molar-refractivity contribution in [3.63, 3.8) is 0 Å². The highest BCUT2D eigenvalue weighted by Crippen LogP contribution is 2.17. The van der Waals surface area contributed by atoms with E-state index in [0.717, 1.165) is 0 Å². The van der Waals surface area contributed by atoms with Gasteiger partial charge in [0.25, 0.3) is 0 Å². The van der Waals surface area contributed by atoms with Crippen molar-refractivity contribution < 1.29 is 9.90 Å². The molecule has 1 fully saturated rings. The molecule has 0 spiro atoms. The molecule has 1 aliphatic rings. The molecule has 1 aliphatic heterocycles. The maximum absolute atomic E-state index is 10.9. The van der Waals surface area contributed by atoms with E-state index in [2.05, 4.69) is 12.6 Å². The summed E-state index contributed by atoms with van der Waals surface area (Å²) in [6, 6.07) is -0.547. The summed E-state index contributed by atoms with van der Waals surface area (Å²) in [5, 5.41) is 16.8. The van der Waals surface area contributed by atoms with Gasteiger partial charge in [0.1, 0.15) is 11.9 Å². The quantitative estimate of drug-likeness (QED) is 0.258. The van der Waals surface area contributed by atoms with Gasteiger partial charge in [0.05, 0.1) is 6.10 Å². The fourth-order valence-corrected chi connectivity index (χ4v) is 1.65. The molecule has 0 saturated carbocycles. The fourth-order valence-electron chi connectivity index (χ4n) is 1.47. The minimum Gasteiger partial charge on any atom is -0.391 e. The molecule has 5 nitrogen and oxygen atoms in total. The summed E-state index contributed by atoms with van der Waals surface area (Å²) in [6.07, 6.45) is -0.261. The van der Waals surface area contributed by atoms with Crippen LogP contribution in [0.15, 0.2) is 0 Å². The highest BCUT2D eigenvalue weighted by molar-refractivity contribution is 7.81. The van der Waals surface area contributed by atoms with Crippen LogP contribution in [-0.4, -0.2) is 46.2 Å². The normalized spacial score (nSPS) is 27.7. The number of nitrogens with zero attached hydrogens (tertiary/aromatic N) is 1. The number of rotatable bonds is 2. The molecule has 0 aromatic rings. The Bertz CT molecular complexity index is 234. The lowest BCUT2D eigenvalue weighted by Crippen LogP contribution is -2.44. The Hall–Kier alpha value is -0.750. The molecule has 0 aromatic heterocycles. The summed E-state index contributed by atoms with van der Waals surface area (Å²) >= 11 is 3.93. The van der Waals surface area contributed by atoms with E-state index in [4.69, 9.17) is 11.1 Å². The Morgan fingerprint density at radius 1 is 1.77 bits per heavy atom. The summed E-state index contributed by atoms with van der Waals surface area (Å²) in [4.78, 5) is 12.4. The van der Waals surface area contributed by atoms with E-state index in [1.54, 1.807) is 0 Å². The molecule has 0 radical (unpaired) electrons. The van der Waals surface area contributed by atoms with Gasteiger partial charge in [0.2, 0.25) is 5.91 Å². The maximum Gasteiger partial charge on any atom is 0.240 e. The van der Waals surface area contributed by atoms with Crippen LogP contribution in [0.5, 0.6) is 0 Å². The molecule has 0 bridgehead atoms. The number of aliphatic hydroxyl groups excluding tert-OH is 1. The van der Waals surface area contributed by atoms with Crippen molar-refractivity contribution in [2.45, 2.75) is 18.6 Å². The van der Waals surface area contributed by atoms with Gasteiger partial charge in [-0.3, -0.25) is 10.2 Å². The second kappa shape index (κ2) is 3.97. The van der Waals surface area contributed by atoms with E-state index in [9.17, 15) is 9.90 Å². The highest BCUT2D eigenvalue weighted by Gasteiger charge is 2.35. The van der Waals surface area contributed by atoms with Crippen LogP contribution in [0.4, 0.5) is 0 Å². The Kier molecular flexibility index (Phi) is 3.16. The molecule has 0 aliphatic carbocycles. The number of primary amides is 1. The zero-order valence-corrected chi connectivity index (χ0v) is 8.00. The highest BCUT2D eigenvalue weighted by atomic mass is 32.1. The number of amides is 1. The Labute approximate surface area is 81.8 Å². The summed E-state index contributed by atoms with van der Waals surface area (Å²) in [7, 11) is 0. The number of amidine groups is 1. The van der Waals surface area contributed by atoms with E-state index >= 15 is 0 Å². The van der Waals surface area contributed by atoms with Crippen molar-refractivity contribution in [1.29, 1.82) is 5.41 Å². The van der Waals surface area contributed by atoms with Crippen LogP contribution in [0.25, 0.3) is 0 Å². The Balaban J connectivity index is 2.71. The first-order valence-electron chi connectivity index (χ1n) is 3.98. The number of hydrogen-bond acceptors (Lipinski definition) is 4. The number of aliphatic hydroxyl groups is 1. The average Bonchev–Trinajstić information content (AvgIpc) is 2.46. The third-order valence-corrected chi connectivity index (χ3v) is 2.40. The molecule has 1 rings (SSSR count). The van der Waals surface area contributed by atoms with E-state index in [1.165, 1.54) is 4.90 Å². The zero-order chi connectivity index (χ0) is 10.0.